The fraction of sp³-hybridized carbons (Fsp3) is 0.684. The van der Waals surface area contributed by atoms with Crippen molar-refractivity contribution in [3.63, 3.8) is 0 Å². The van der Waals surface area contributed by atoms with Crippen molar-refractivity contribution < 1.29 is 4.43 Å². The van der Waals surface area contributed by atoms with E-state index in [1.54, 1.807) is 0 Å². The highest BCUT2D eigenvalue weighted by Gasteiger charge is 2.39. The molecule has 0 unspecified atom stereocenters. The topological polar surface area (TPSA) is 9.23 Å². The summed E-state index contributed by atoms with van der Waals surface area (Å²) in [4.78, 5) is 0. The fourth-order valence-corrected chi connectivity index (χ4v) is 3.55. The summed E-state index contributed by atoms with van der Waals surface area (Å²) in [5.41, 5.74) is 2.60. The number of rotatable bonds is 7. The Hall–Kier alpha value is -0.603. The molecule has 0 radical (unpaired) electrons. The van der Waals surface area contributed by atoms with E-state index in [0.29, 0.717) is 12.0 Å². The van der Waals surface area contributed by atoms with Gasteiger partial charge in [0.05, 0.1) is 6.10 Å². The number of hydrogen-bond donors (Lipinski definition) is 0. The molecule has 0 aliphatic heterocycles. The summed E-state index contributed by atoms with van der Waals surface area (Å²) in [5.74, 6) is 0.428. The average Bonchev–Trinajstić information content (AvgIpc) is 2.34. The molecule has 0 heterocycles. The van der Waals surface area contributed by atoms with Crippen LogP contribution < -0.4 is 0 Å². The first-order valence-corrected chi connectivity index (χ1v) is 11.0. The van der Waals surface area contributed by atoms with E-state index in [-0.39, 0.29) is 5.04 Å². The predicted octanol–water partition coefficient (Wildman–Crippen LogP) is 6.50. The third kappa shape index (κ3) is 6.35. The van der Waals surface area contributed by atoms with Gasteiger partial charge in [-0.1, -0.05) is 65.0 Å². The quantitative estimate of drug-likeness (QED) is 0.385. The molecule has 0 saturated carbocycles. The lowest BCUT2D eigenvalue weighted by atomic mass is 9.97. The minimum atomic E-state index is -1.71. The Balaban J connectivity index is 5.10. The lowest BCUT2D eigenvalue weighted by Crippen LogP contribution is -2.45. The maximum Gasteiger partial charge on any atom is 0.192 e. The molecular formula is C19H36OSi. The molecule has 0 aromatic carbocycles. The van der Waals surface area contributed by atoms with Crippen molar-refractivity contribution in [3.05, 3.63) is 36.0 Å². The molecule has 1 nitrogen and oxygen atoms in total. The summed E-state index contributed by atoms with van der Waals surface area (Å²) in [7, 11) is -1.71. The van der Waals surface area contributed by atoms with Gasteiger partial charge < -0.3 is 4.43 Å². The van der Waals surface area contributed by atoms with E-state index in [1.165, 1.54) is 11.1 Å². The summed E-state index contributed by atoms with van der Waals surface area (Å²) in [6.45, 7) is 24.1. The van der Waals surface area contributed by atoms with Gasteiger partial charge in [0, 0.05) is 0 Å². The van der Waals surface area contributed by atoms with Crippen LogP contribution in [0.1, 0.15) is 54.9 Å². The van der Waals surface area contributed by atoms with Gasteiger partial charge in [-0.2, -0.15) is 0 Å². The van der Waals surface area contributed by atoms with Crippen molar-refractivity contribution >= 4 is 8.32 Å². The van der Waals surface area contributed by atoms with Crippen LogP contribution in [0.3, 0.4) is 0 Å². The summed E-state index contributed by atoms with van der Waals surface area (Å²) in [6, 6.07) is 0. The molecule has 0 bridgehead atoms. The summed E-state index contributed by atoms with van der Waals surface area (Å²) in [5, 5.41) is 0.261. The van der Waals surface area contributed by atoms with Gasteiger partial charge in [-0.3, -0.25) is 0 Å². The first-order valence-electron chi connectivity index (χ1n) is 8.12. The van der Waals surface area contributed by atoms with Crippen LogP contribution in [-0.2, 0) is 4.43 Å². The van der Waals surface area contributed by atoms with Crippen LogP contribution in [0, 0.1) is 5.92 Å². The van der Waals surface area contributed by atoms with E-state index < -0.39 is 8.32 Å². The van der Waals surface area contributed by atoms with Gasteiger partial charge in [0.25, 0.3) is 0 Å². The molecule has 0 rings (SSSR count). The molecule has 122 valence electrons. The Labute approximate surface area is 134 Å². The largest absolute Gasteiger partial charge is 0.413 e. The minimum absolute atomic E-state index is 0.261. The SMILES string of the molecule is C=C/C=C(C)/C(C)=C/[C@@H](C)[C@H](CC)O[Si](C)(C)C(C)(C)C. The van der Waals surface area contributed by atoms with Gasteiger partial charge in [-0.05, 0) is 49.9 Å². The Morgan fingerprint density at radius 3 is 2.10 bits per heavy atom. The van der Waals surface area contributed by atoms with Crippen LogP contribution in [-0.4, -0.2) is 14.4 Å². The molecule has 0 aliphatic carbocycles. The summed E-state index contributed by atoms with van der Waals surface area (Å²) in [6.07, 6.45) is 7.62. The van der Waals surface area contributed by atoms with E-state index in [1.807, 2.05) is 6.08 Å². The molecule has 0 aromatic rings. The molecule has 2 atom stereocenters. The Morgan fingerprint density at radius 2 is 1.71 bits per heavy atom. The predicted molar refractivity (Wildman–Crippen MR) is 99.2 cm³/mol. The van der Waals surface area contributed by atoms with Crippen molar-refractivity contribution in [1.29, 1.82) is 0 Å². The van der Waals surface area contributed by atoms with E-state index in [4.69, 9.17) is 4.43 Å². The van der Waals surface area contributed by atoms with Crippen LogP contribution in [0.15, 0.2) is 36.0 Å². The molecule has 21 heavy (non-hydrogen) atoms. The molecule has 0 amide bonds. The zero-order valence-corrected chi connectivity index (χ0v) is 16.7. The molecule has 2 heteroatoms. The maximum absolute atomic E-state index is 6.61. The van der Waals surface area contributed by atoms with Crippen molar-refractivity contribution in [2.24, 2.45) is 5.92 Å². The first kappa shape index (κ1) is 20.4. The third-order valence-electron chi connectivity index (χ3n) is 4.74. The molecule has 0 aliphatic rings. The summed E-state index contributed by atoms with van der Waals surface area (Å²) >= 11 is 0. The highest BCUT2D eigenvalue weighted by atomic mass is 28.4. The molecule has 0 N–H and O–H groups in total. The van der Waals surface area contributed by atoms with Gasteiger partial charge in [-0.25, -0.2) is 0 Å². The van der Waals surface area contributed by atoms with Gasteiger partial charge in [0.2, 0.25) is 0 Å². The lowest BCUT2D eigenvalue weighted by Gasteiger charge is -2.40. The Kier molecular flexibility index (Phi) is 7.91. The number of hydrogen-bond acceptors (Lipinski definition) is 1. The fourth-order valence-electron chi connectivity index (χ4n) is 2.06. The first-order chi connectivity index (χ1) is 9.46. The van der Waals surface area contributed by atoms with Crippen molar-refractivity contribution in [2.75, 3.05) is 0 Å². The Morgan fingerprint density at radius 1 is 1.19 bits per heavy atom. The van der Waals surface area contributed by atoms with E-state index in [9.17, 15) is 0 Å². The minimum Gasteiger partial charge on any atom is -0.413 e. The van der Waals surface area contributed by atoms with Gasteiger partial charge >= 0.3 is 0 Å². The van der Waals surface area contributed by atoms with Crippen LogP contribution in [0.25, 0.3) is 0 Å². The third-order valence-corrected chi connectivity index (χ3v) is 9.25. The molecule has 0 aromatic heterocycles. The van der Waals surface area contributed by atoms with E-state index in [2.05, 4.69) is 80.3 Å². The summed E-state index contributed by atoms with van der Waals surface area (Å²) < 4.78 is 6.61. The van der Waals surface area contributed by atoms with E-state index >= 15 is 0 Å². The van der Waals surface area contributed by atoms with Crippen molar-refractivity contribution in [1.82, 2.24) is 0 Å². The maximum atomic E-state index is 6.61. The molecule has 0 spiro atoms. The van der Waals surface area contributed by atoms with Crippen LogP contribution in [0.2, 0.25) is 18.1 Å². The van der Waals surface area contributed by atoms with Crippen LogP contribution >= 0.6 is 0 Å². The Bertz CT molecular complexity index is 396. The molecule has 0 fully saturated rings. The zero-order valence-electron chi connectivity index (χ0n) is 15.7. The monoisotopic (exact) mass is 308 g/mol. The standard InChI is InChI=1S/C19H36OSi/c1-11-13-15(3)16(4)14-17(5)18(12-2)20-21(9,10)19(6,7)8/h11,13-14,17-18H,1,12H2,2-10H3/b15-13+,16-14+/t17-,18+/m1/s1. The second-order valence-electron chi connectivity index (χ2n) is 7.62. The van der Waals surface area contributed by atoms with Crippen LogP contribution in [0.4, 0.5) is 0 Å². The highest BCUT2D eigenvalue weighted by Crippen LogP contribution is 2.38. The van der Waals surface area contributed by atoms with E-state index in [0.717, 1.165) is 6.42 Å². The van der Waals surface area contributed by atoms with Gasteiger partial charge in [0.15, 0.2) is 8.32 Å². The molecule has 0 saturated heterocycles. The second-order valence-corrected chi connectivity index (χ2v) is 12.4. The average molecular weight is 309 g/mol. The van der Waals surface area contributed by atoms with Crippen molar-refractivity contribution in [2.45, 2.75) is 79.1 Å². The van der Waals surface area contributed by atoms with Gasteiger partial charge in [0.1, 0.15) is 0 Å². The van der Waals surface area contributed by atoms with Crippen molar-refractivity contribution in [3.8, 4) is 0 Å². The second kappa shape index (κ2) is 8.14. The highest BCUT2D eigenvalue weighted by molar-refractivity contribution is 6.74. The van der Waals surface area contributed by atoms with Gasteiger partial charge in [-0.15, -0.1) is 0 Å². The smallest absolute Gasteiger partial charge is 0.192 e. The lowest BCUT2D eigenvalue weighted by molar-refractivity contribution is 0.141. The van der Waals surface area contributed by atoms with Crippen LogP contribution in [0.5, 0.6) is 0 Å². The normalized spacial score (nSPS) is 17.6. The molecular weight excluding hydrogens is 272 g/mol. The zero-order chi connectivity index (χ0) is 16.8. The number of allylic oxidation sites excluding steroid dienone is 4.